The Morgan fingerprint density at radius 1 is 1.18 bits per heavy atom. The highest BCUT2D eigenvalue weighted by molar-refractivity contribution is 5.84. The molecule has 3 heteroatoms. The van der Waals surface area contributed by atoms with Gasteiger partial charge in [-0.05, 0) is 34.9 Å². The lowest BCUT2D eigenvalue weighted by atomic mass is 10.0. The molecule has 0 aliphatic heterocycles. The zero-order valence-electron chi connectivity index (χ0n) is 9.73. The van der Waals surface area contributed by atoms with Crippen LogP contribution in [0.1, 0.15) is 12.5 Å². The van der Waals surface area contributed by atoms with Gasteiger partial charge in [-0.2, -0.15) is 0 Å². The maximum atomic E-state index is 10.7. The third-order valence-electron chi connectivity index (χ3n) is 2.68. The molecule has 0 aliphatic rings. The van der Waals surface area contributed by atoms with Crippen LogP contribution in [-0.2, 0) is 11.2 Å². The van der Waals surface area contributed by atoms with E-state index in [0.717, 1.165) is 17.2 Å². The number of carbonyl (C=O) groups is 1. The number of hydrogen-bond donors (Lipinski definition) is 2. The average molecular weight is 229 g/mol. The normalized spacial score (nSPS) is 10.4. The Hall–Kier alpha value is -2.03. The van der Waals surface area contributed by atoms with Crippen molar-refractivity contribution in [2.75, 3.05) is 6.54 Å². The summed E-state index contributed by atoms with van der Waals surface area (Å²) >= 11 is 0. The van der Waals surface area contributed by atoms with E-state index in [1.165, 1.54) is 12.5 Å². The van der Waals surface area contributed by atoms with Gasteiger partial charge in [-0.25, -0.2) is 0 Å². The predicted molar refractivity (Wildman–Crippen MR) is 68.0 cm³/mol. The maximum Gasteiger partial charge on any atom is 0.216 e. The molecule has 0 atom stereocenters. The van der Waals surface area contributed by atoms with E-state index in [-0.39, 0.29) is 11.7 Å². The van der Waals surface area contributed by atoms with Crippen LogP contribution >= 0.6 is 0 Å². The Kier molecular flexibility index (Phi) is 3.28. The molecule has 0 radical (unpaired) electrons. The lowest BCUT2D eigenvalue weighted by Crippen LogP contribution is -2.22. The highest BCUT2D eigenvalue weighted by Gasteiger charge is 1.98. The summed E-state index contributed by atoms with van der Waals surface area (Å²) in [6.45, 7) is 2.17. The number of fused-ring (bicyclic) bond motifs is 1. The van der Waals surface area contributed by atoms with Gasteiger partial charge < -0.3 is 10.4 Å². The molecule has 88 valence electrons. The zero-order valence-corrected chi connectivity index (χ0v) is 9.73. The quantitative estimate of drug-likeness (QED) is 0.847. The van der Waals surface area contributed by atoms with Gasteiger partial charge in [0.15, 0.2) is 0 Å². The molecule has 0 unspecified atom stereocenters. The van der Waals surface area contributed by atoms with Crippen LogP contribution in [-0.4, -0.2) is 17.6 Å². The standard InChI is InChI=1S/C14H15NO2/c1-10(16)15-7-6-11-2-3-13-9-14(17)5-4-12(13)8-11/h2-5,8-9,17H,6-7H2,1H3,(H,15,16). The molecule has 17 heavy (non-hydrogen) atoms. The van der Waals surface area contributed by atoms with Gasteiger partial charge in [0.2, 0.25) is 5.91 Å². The number of hydrogen-bond acceptors (Lipinski definition) is 2. The summed E-state index contributed by atoms with van der Waals surface area (Å²) < 4.78 is 0. The summed E-state index contributed by atoms with van der Waals surface area (Å²) in [5, 5.41) is 14.2. The number of benzene rings is 2. The van der Waals surface area contributed by atoms with Crippen molar-refractivity contribution in [3.05, 3.63) is 42.0 Å². The largest absolute Gasteiger partial charge is 0.508 e. The second kappa shape index (κ2) is 4.87. The van der Waals surface area contributed by atoms with E-state index < -0.39 is 0 Å². The molecule has 3 nitrogen and oxygen atoms in total. The minimum atomic E-state index is -0.00397. The Balaban J connectivity index is 2.14. The highest BCUT2D eigenvalue weighted by Crippen LogP contribution is 2.21. The van der Waals surface area contributed by atoms with E-state index in [4.69, 9.17) is 0 Å². The second-order valence-electron chi connectivity index (χ2n) is 4.10. The van der Waals surface area contributed by atoms with E-state index >= 15 is 0 Å². The molecule has 0 saturated heterocycles. The third-order valence-corrected chi connectivity index (χ3v) is 2.68. The molecule has 1 amide bonds. The number of nitrogens with one attached hydrogen (secondary N) is 1. The van der Waals surface area contributed by atoms with E-state index in [0.29, 0.717) is 6.54 Å². The van der Waals surface area contributed by atoms with Gasteiger partial charge in [0.1, 0.15) is 5.75 Å². The topological polar surface area (TPSA) is 49.3 Å². The predicted octanol–water partition coefficient (Wildman–Crippen LogP) is 2.22. The monoisotopic (exact) mass is 229 g/mol. The molecule has 0 aromatic heterocycles. The van der Waals surface area contributed by atoms with Crippen LogP contribution in [0.4, 0.5) is 0 Å². The van der Waals surface area contributed by atoms with Gasteiger partial charge in [0.05, 0.1) is 0 Å². The Bertz CT molecular complexity index is 549. The Morgan fingerprint density at radius 2 is 1.88 bits per heavy atom. The van der Waals surface area contributed by atoms with Gasteiger partial charge in [-0.3, -0.25) is 4.79 Å². The van der Waals surface area contributed by atoms with Crippen molar-refractivity contribution in [2.45, 2.75) is 13.3 Å². The first-order valence-corrected chi connectivity index (χ1v) is 5.61. The van der Waals surface area contributed by atoms with Gasteiger partial charge in [-0.15, -0.1) is 0 Å². The minimum Gasteiger partial charge on any atom is -0.508 e. The second-order valence-corrected chi connectivity index (χ2v) is 4.10. The first-order valence-electron chi connectivity index (χ1n) is 5.61. The smallest absolute Gasteiger partial charge is 0.216 e. The molecule has 0 aliphatic carbocycles. The highest BCUT2D eigenvalue weighted by atomic mass is 16.3. The SMILES string of the molecule is CC(=O)NCCc1ccc2cc(O)ccc2c1. The average Bonchev–Trinajstić information content (AvgIpc) is 2.29. The van der Waals surface area contributed by atoms with Crippen molar-refractivity contribution >= 4 is 16.7 Å². The number of aromatic hydroxyl groups is 1. The van der Waals surface area contributed by atoms with Gasteiger partial charge in [-0.1, -0.05) is 24.3 Å². The Morgan fingerprint density at radius 3 is 2.65 bits per heavy atom. The van der Waals surface area contributed by atoms with Gasteiger partial charge in [0.25, 0.3) is 0 Å². The van der Waals surface area contributed by atoms with Crippen molar-refractivity contribution < 1.29 is 9.90 Å². The van der Waals surface area contributed by atoms with E-state index in [1.807, 2.05) is 18.2 Å². The molecule has 2 rings (SSSR count). The van der Waals surface area contributed by atoms with Crippen LogP contribution in [0.2, 0.25) is 0 Å². The molecule has 0 saturated carbocycles. The summed E-state index contributed by atoms with van der Waals surface area (Å²) in [5.74, 6) is 0.277. The Labute approximate surface area is 100 Å². The van der Waals surface area contributed by atoms with Crippen LogP contribution in [0.3, 0.4) is 0 Å². The summed E-state index contributed by atoms with van der Waals surface area (Å²) in [7, 11) is 0. The number of carbonyl (C=O) groups excluding carboxylic acids is 1. The minimum absolute atomic E-state index is 0.00397. The molecule has 2 aromatic rings. The van der Waals surface area contributed by atoms with Crippen LogP contribution < -0.4 is 5.32 Å². The van der Waals surface area contributed by atoms with E-state index in [9.17, 15) is 9.90 Å². The fourth-order valence-electron chi connectivity index (χ4n) is 1.82. The van der Waals surface area contributed by atoms with Gasteiger partial charge in [0, 0.05) is 13.5 Å². The molecular formula is C14H15NO2. The molecule has 2 N–H and O–H groups in total. The lowest BCUT2D eigenvalue weighted by Gasteiger charge is -2.05. The molecule has 2 aromatic carbocycles. The van der Waals surface area contributed by atoms with Crippen molar-refractivity contribution in [1.82, 2.24) is 5.32 Å². The number of rotatable bonds is 3. The van der Waals surface area contributed by atoms with Crippen LogP contribution in [0.25, 0.3) is 10.8 Å². The number of phenols is 1. The van der Waals surface area contributed by atoms with Crippen molar-refractivity contribution in [3.63, 3.8) is 0 Å². The van der Waals surface area contributed by atoms with Gasteiger partial charge >= 0.3 is 0 Å². The van der Waals surface area contributed by atoms with Crippen molar-refractivity contribution in [3.8, 4) is 5.75 Å². The lowest BCUT2D eigenvalue weighted by molar-refractivity contribution is -0.118. The summed E-state index contributed by atoms with van der Waals surface area (Å²) in [4.78, 5) is 10.7. The maximum absolute atomic E-state index is 10.7. The molecule has 0 fully saturated rings. The van der Waals surface area contributed by atoms with Crippen LogP contribution in [0, 0.1) is 0 Å². The summed E-state index contributed by atoms with van der Waals surface area (Å²) in [5.41, 5.74) is 1.18. The third kappa shape index (κ3) is 2.97. The van der Waals surface area contributed by atoms with E-state index in [2.05, 4.69) is 11.4 Å². The van der Waals surface area contributed by atoms with E-state index in [1.54, 1.807) is 12.1 Å². The summed E-state index contributed by atoms with van der Waals surface area (Å²) in [6, 6.07) is 11.4. The first kappa shape index (κ1) is 11.5. The zero-order chi connectivity index (χ0) is 12.3. The van der Waals surface area contributed by atoms with Crippen molar-refractivity contribution in [2.24, 2.45) is 0 Å². The van der Waals surface area contributed by atoms with Crippen LogP contribution in [0.15, 0.2) is 36.4 Å². The van der Waals surface area contributed by atoms with Crippen molar-refractivity contribution in [1.29, 1.82) is 0 Å². The fraction of sp³-hybridized carbons (Fsp3) is 0.214. The molecule has 0 heterocycles. The first-order chi connectivity index (χ1) is 8.15. The number of amides is 1. The molecule has 0 spiro atoms. The summed E-state index contributed by atoms with van der Waals surface area (Å²) in [6.07, 6.45) is 0.816. The van der Waals surface area contributed by atoms with Crippen LogP contribution in [0.5, 0.6) is 5.75 Å². The number of phenolic OH excluding ortho intramolecular Hbond substituents is 1. The fourth-order valence-corrected chi connectivity index (χ4v) is 1.82. The molecular weight excluding hydrogens is 214 g/mol. The molecule has 0 bridgehead atoms.